The fourth-order valence-electron chi connectivity index (χ4n) is 1.92. The van der Waals surface area contributed by atoms with E-state index >= 15 is 0 Å². The van der Waals surface area contributed by atoms with Gasteiger partial charge in [0.25, 0.3) is 0 Å². The third-order valence-corrected chi connectivity index (χ3v) is 3.06. The number of rotatable bonds is 6. The van der Waals surface area contributed by atoms with Crippen LogP contribution in [0.4, 0.5) is 0 Å². The van der Waals surface area contributed by atoms with Crippen LogP contribution in [0.15, 0.2) is 12.1 Å². The second-order valence-electron chi connectivity index (χ2n) is 5.11. The highest BCUT2D eigenvalue weighted by atomic mass is 16.5. The van der Waals surface area contributed by atoms with Crippen LogP contribution in [0.2, 0.25) is 0 Å². The van der Waals surface area contributed by atoms with E-state index in [-0.39, 0.29) is 11.7 Å². The molecule has 0 fully saturated rings. The number of hydrogen-bond donors (Lipinski definition) is 1. The zero-order chi connectivity index (χ0) is 15.3. The van der Waals surface area contributed by atoms with Crippen molar-refractivity contribution in [3.8, 4) is 17.2 Å². The van der Waals surface area contributed by atoms with Gasteiger partial charge in [-0.1, -0.05) is 0 Å². The van der Waals surface area contributed by atoms with Crippen molar-refractivity contribution in [3.05, 3.63) is 17.7 Å². The molecule has 0 unspecified atom stereocenters. The fraction of sp³-hybridized carbons (Fsp3) is 0.533. The highest BCUT2D eigenvalue weighted by molar-refractivity contribution is 5.76. The van der Waals surface area contributed by atoms with Gasteiger partial charge in [0.1, 0.15) is 17.2 Å². The number of phenols is 1. The standard InChI is InChI=1S/C15H22O5/c1-6-20-14(17)15(2,3)9-11-12(16)7-10(18-4)8-13(11)19-5/h7-8,16H,6,9H2,1-5H3. The summed E-state index contributed by atoms with van der Waals surface area (Å²) in [5, 5.41) is 10.1. The lowest BCUT2D eigenvalue weighted by molar-refractivity contribution is -0.153. The Morgan fingerprint density at radius 2 is 1.90 bits per heavy atom. The summed E-state index contributed by atoms with van der Waals surface area (Å²) in [5.41, 5.74) is -0.193. The molecular weight excluding hydrogens is 260 g/mol. The van der Waals surface area contributed by atoms with Gasteiger partial charge in [-0.2, -0.15) is 0 Å². The molecule has 0 saturated carbocycles. The lowest BCUT2D eigenvalue weighted by atomic mass is 9.85. The van der Waals surface area contributed by atoms with Crippen LogP contribution in [-0.4, -0.2) is 31.9 Å². The summed E-state index contributed by atoms with van der Waals surface area (Å²) in [6.45, 7) is 5.63. The SMILES string of the molecule is CCOC(=O)C(C)(C)Cc1c(O)cc(OC)cc1OC. The summed E-state index contributed by atoms with van der Waals surface area (Å²) in [7, 11) is 3.02. The molecule has 0 aliphatic carbocycles. The van der Waals surface area contributed by atoms with Crippen molar-refractivity contribution in [1.82, 2.24) is 0 Å². The molecule has 20 heavy (non-hydrogen) atoms. The maximum absolute atomic E-state index is 11.9. The second-order valence-corrected chi connectivity index (χ2v) is 5.11. The summed E-state index contributed by atoms with van der Waals surface area (Å²) in [4.78, 5) is 11.9. The van der Waals surface area contributed by atoms with E-state index < -0.39 is 5.41 Å². The Labute approximate surface area is 119 Å². The largest absolute Gasteiger partial charge is 0.507 e. The summed E-state index contributed by atoms with van der Waals surface area (Å²) >= 11 is 0. The molecule has 0 bridgehead atoms. The van der Waals surface area contributed by atoms with Crippen LogP contribution in [0.1, 0.15) is 26.3 Å². The number of esters is 1. The van der Waals surface area contributed by atoms with Gasteiger partial charge < -0.3 is 19.3 Å². The number of hydrogen-bond acceptors (Lipinski definition) is 5. The quantitative estimate of drug-likeness (QED) is 0.812. The monoisotopic (exact) mass is 282 g/mol. The number of ether oxygens (including phenoxy) is 3. The highest BCUT2D eigenvalue weighted by Crippen LogP contribution is 2.38. The number of carbonyl (C=O) groups is 1. The van der Waals surface area contributed by atoms with E-state index in [4.69, 9.17) is 14.2 Å². The first-order valence-corrected chi connectivity index (χ1v) is 6.46. The molecule has 0 spiro atoms. The van der Waals surface area contributed by atoms with E-state index in [9.17, 15) is 9.90 Å². The number of phenolic OH excluding ortho intramolecular Hbond substituents is 1. The van der Waals surface area contributed by atoms with Crippen LogP contribution in [0.3, 0.4) is 0 Å². The predicted octanol–water partition coefficient (Wildman–Crippen LogP) is 2.54. The number of benzene rings is 1. The first-order valence-electron chi connectivity index (χ1n) is 6.46. The molecule has 0 atom stereocenters. The number of carbonyl (C=O) groups excluding carboxylic acids is 1. The Morgan fingerprint density at radius 3 is 2.40 bits per heavy atom. The van der Waals surface area contributed by atoms with Crippen molar-refractivity contribution >= 4 is 5.97 Å². The molecule has 112 valence electrons. The van der Waals surface area contributed by atoms with Gasteiger partial charge >= 0.3 is 5.97 Å². The van der Waals surface area contributed by atoms with Crippen molar-refractivity contribution in [2.45, 2.75) is 27.2 Å². The molecular formula is C15H22O5. The lowest BCUT2D eigenvalue weighted by Gasteiger charge is -2.24. The third-order valence-electron chi connectivity index (χ3n) is 3.06. The molecule has 0 aliphatic rings. The van der Waals surface area contributed by atoms with Gasteiger partial charge in [-0.05, 0) is 27.2 Å². The van der Waals surface area contributed by atoms with Crippen molar-refractivity contribution in [2.24, 2.45) is 5.41 Å². The smallest absolute Gasteiger partial charge is 0.311 e. The summed E-state index contributed by atoms with van der Waals surface area (Å²) < 4.78 is 15.4. The maximum atomic E-state index is 11.9. The van der Waals surface area contributed by atoms with Crippen LogP contribution in [0.25, 0.3) is 0 Å². The molecule has 0 saturated heterocycles. The van der Waals surface area contributed by atoms with Crippen molar-refractivity contribution in [3.63, 3.8) is 0 Å². The van der Waals surface area contributed by atoms with Gasteiger partial charge in [-0.15, -0.1) is 0 Å². The van der Waals surface area contributed by atoms with Gasteiger partial charge in [-0.3, -0.25) is 4.79 Å². The maximum Gasteiger partial charge on any atom is 0.311 e. The van der Waals surface area contributed by atoms with Gasteiger partial charge in [0.15, 0.2) is 0 Å². The van der Waals surface area contributed by atoms with Gasteiger partial charge in [0.05, 0.1) is 26.2 Å². The minimum atomic E-state index is -0.755. The van der Waals surface area contributed by atoms with Crippen LogP contribution >= 0.6 is 0 Å². The Hall–Kier alpha value is -1.91. The Kier molecular flexibility index (Phi) is 5.25. The zero-order valence-electron chi connectivity index (χ0n) is 12.6. The Morgan fingerprint density at radius 1 is 1.25 bits per heavy atom. The minimum Gasteiger partial charge on any atom is -0.507 e. The molecule has 0 amide bonds. The highest BCUT2D eigenvalue weighted by Gasteiger charge is 2.32. The Balaban J connectivity index is 3.11. The van der Waals surface area contributed by atoms with E-state index in [1.54, 1.807) is 26.8 Å². The molecule has 1 aromatic rings. The van der Waals surface area contributed by atoms with Gasteiger partial charge in [0.2, 0.25) is 0 Å². The molecule has 1 rings (SSSR count). The van der Waals surface area contributed by atoms with Crippen molar-refractivity contribution in [2.75, 3.05) is 20.8 Å². The second kappa shape index (κ2) is 6.50. The molecule has 0 aromatic heterocycles. The number of aromatic hydroxyl groups is 1. The first-order chi connectivity index (χ1) is 9.35. The van der Waals surface area contributed by atoms with E-state index in [0.29, 0.717) is 30.1 Å². The van der Waals surface area contributed by atoms with Crippen molar-refractivity contribution in [1.29, 1.82) is 0 Å². The molecule has 5 heteroatoms. The van der Waals surface area contributed by atoms with E-state index in [1.165, 1.54) is 20.3 Å². The minimum absolute atomic E-state index is 0.0403. The average Bonchev–Trinajstić information content (AvgIpc) is 2.40. The van der Waals surface area contributed by atoms with Crippen LogP contribution in [0.5, 0.6) is 17.2 Å². The molecule has 0 aliphatic heterocycles. The average molecular weight is 282 g/mol. The molecule has 1 N–H and O–H groups in total. The normalized spacial score (nSPS) is 11.1. The van der Waals surface area contributed by atoms with Crippen LogP contribution in [-0.2, 0) is 16.0 Å². The van der Waals surface area contributed by atoms with Crippen LogP contribution < -0.4 is 9.47 Å². The lowest BCUT2D eigenvalue weighted by Crippen LogP contribution is -2.29. The number of methoxy groups -OCH3 is 2. The zero-order valence-corrected chi connectivity index (χ0v) is 12.6. The van der Waals surface area contributed by atoms with E-state index in [0.717, 1.165) is 0 Å². The Bertz CT molecular complexity index is 479. The summed E-state index contributed by atoms with van der Waals surface area (Å²) in [6, 6.07) is 3.18. The molecule has 0 heterocycles. The summed E-state index contributed by atoms with van der Waals surface area (Å²) in [6.07, 6.45) is 0.310. The van der Waals surface area contributed by atoms with Gasteiger partial charge in [-0.25, -0.2) is 0 Å². The van der Waals surface area contributed by atoms with E-state index in [2.05, 4.69) is 0 Å². The third kappa shape index (κ3) is 3.56. The molecule has 1 aromatic carbocycles. The van der Waals surface area contributed by atoms with Crippen LogP contribution in [0, 0.1) is 5.41 Å². The van der Waals surface area contributed by atoms with E-state index in [1.807, 2.05) is 0 Å². The van der Waals surface area contributed by atoms with Gasteiger partial charge in [0, 0.05) is 17.7 Å². The first kappa shape index (κ1) is 16.1. The summed E-state index contributed by atoms with van der Waals surface area (Å²) in [5.74, 6) is 0.715. The molecule has 5 nitrogen and oxygen atoms in total. The van der Waals surface area contributed by atoms with Crippen molar-refractivity contribution < 1.29 is 24.1 Å². The predicted molar refractivity (Wildman–Crippen MR) is 75.3 cm³/mol. The fourth-order valence-corrected chi connectivity index (χ4v) is 1.92. The molecule has 0 radical (unpaired) electrons. The topological polar surface area (TPSA) is 65.0 Å².